The van der Waals surface area contributed by atoms with Crippen molar-refractivity contribution in [2.45, 2.75) is 26.3 Å². The van der Waals surface area contributed by atoms with Gasteiger partial charge in [-0.1, -0.05) is 36.7 Å². The van der Waals surface area contributed by atoms with Gasteiger partial charge < -0.3 is 9.64 Å². The van der Waals surface area contributed by atoms with Crippen LogP contribution in [-0.2, 0) is 29.0 Å². The molecule has 7 nitrogen and oxygen atoms in total. The van der Waals surface area contributed by atoms with Crippen LogP contribution in [0.2, 0.25) is 0 Å². The highest BCUT2D eigenvalue weighted by Crippen LogP contribution is 2.32. The summed E-state index contributed by atoms with van der Waals surface area (Å²) in [5.41, 5.74) is 2.95. The number of carbonyl (C=O) groups excluding carboxylic acids is 2. The van der Waals surface area contributed by atoms with Crippen molar-refractivity contribution >= 4 is 23.4 Å². The number of hydrogen-bond donors (Lipinski definition) is 1. The van der Waals surface area contributed by atoms with Gasteiger partial charge in [0.05, 0.1) is 12.2 Å². The van der Waals surface area contributed by atoms with Crippen LogP contribution in [0.4, 0.5) is 0 Å². The van der Waals surface area contributed by atoms with Gasteiger partial charge in [-0.25, -0.2) is 9.97 Å². The smallest absolute Gasteiger partial charge is 0.276 e. The van der Waals surface area contributed by atoms with Crippen molar-refractivity contribution in [3.63, 3.8) is 0 Å². The van der Waals surface area contributed by atoms with Gasteiger partial charge in [-0.3, -0.25) is 14.9 Å². The lowest BCUT2D eigenvalue weighted by molar-refractivity contribution is -0.124. The van der Waals surface area contributed by atoms with Crippen LogP contribution in [0.25, 0.3) is 0 Å². The van der Waals surface area contributed by atoms with Crippen molar-refractivity contribution in [3.8, 4) is 11.6 Å². The van der Waals surface area contributed by atoms with Crippen LogP contribution in [0.3, 0.4) is 0 Å². The van der Waals surface area contributed by atoms with Crippen molar-refractivity contribution in [3.05, 3.63) is 58.1 Å². The number of fused-ring (bicyclic) bond motifs is 1. The highest BCUT2D eigenvalue weighted by molar-refractivity contribution is 6.47. The van der Waals surface area contributed by atoms with Crippen LogP contribution >= 0.6 is 11.6 Å². The predicted molar refractivity (Wildman–Crippen MR) is 98.1 cm³/mol. The molecule has 27 heavy (non-hydrogen) atoms. The summed E-state index contributed by atoms with van der Waals surface area (Å²) < 4.78 is 6.08. The standard InChI is InChI=1S/C19H17ClN4O3/c1-2-11-5-3-4-6-14(11)27-19-12-7-8-24(9-13(12)21-10-22-19)16-15(20)17(25)23-18(16)26/h3-6,10H,2,7-9H2,1H3,(H,23,25,26). The predicted octanol–water partition coefficient (Wildman–Crippen LogP) is 2.30. The Labute approximate surface area is 161 Å². The van der Waals surface area contributed by atoms with Crippen LogP contribution in [0, 0.1) is 0 Å². The molecule has 0 saturated carbocycles. The third-order valence-corrected chi connectivity index (χ3v) is 5.04. The first-order valence-corrected chi connectivity index (χ1v) is 9.05. The maximum Gasteiger partial charge on any atom is 0.276 e. The molecule has 4 rings (SSSR count). The first-order chi connectivity index (χ1) is 13.1. The second kappa shape index (κ2) is 7.00. The molecule has 0 unspecified atom stereocenters. The summed E-state index contributed by atoms with van der Waals surface area (Å²) in [6, 6.07) is 7.84. The number of aromatic nitrogens is 2. The normalized spacial score (nSPS) is 16.4. The Kier molecular flexibility index (Phi) is 4.53. The molecule has 0 saturated heterocycles. The molecule has 0 radical (unpaired) electrons. The fraction of sp³-hybridized carbons (Fsp3) is 0.263. The molecule has 0 bridgehead atoms. The number of rotatable bonds is 4. The fourth-order valence-corrected chi connectivity index (χ4v) is 3.56. The van der Waals surface area contributed by atoms with Crippen LogP contribution in [-0.4, -0.2) is 33.2 Å². The Balaban J connectivity index is 1.63. The van der Waals surface area contributed by atoms with E-state index in [1.165, 1.54) is 6.33 Å². The summed E-state index contributed by atoms with van der Waals surface area (Å²) in [5.74, 6) is 0.253. The number of imide groups is 1. The summed E-state index contributed by atoms with van der Waals surface area (Å²) in [6.45, 7) is 2.94. The number of para-hydroxylation sites is 1. The van der Waals surface area contributed by atoms with E-state index in [4.69, 9.17) is 16.3 Å². The van der Waals surface area contributed by atoms with Crippen molar-refractivity contribution in [1.29, 1.82) is 0 Å². The van der Waals surface area contributed by atoms with Crippen LogP contribution in [0.15, 0.2) is 41.3 Å². The largest absolute Gasteiger partial charge is 0.438 e. The number of ether oxygens (including phenoxy) is 1. The lowest BCUT2D eigenvalue weighted by Gasteiger charge is -2.30. The highest BCUT2D eigenvalue weighted by Gasteiger charge is 2.35. The summed E-state index contributed by atoms with van der Waals surface area (Å²) >= 11 is 6.00. The average Bonchev–Trinajstić information content (AvgIpc) is 2.93. The highest BCUT2D eigenvalue weighted by atomic mass is 35.5. The minimum Gasteiger partial charge on any atom is -0.438 e. The average molecular weight is 385 g/mol. The maximum atomic E-state index is 12.0. The molecule has 0 spiro atoms. The molecule has 2 aromatic rings. The molecule has 0 atom stereocenters. The molecule has 2 aliphatic rings. The van der Waals surface area contributed by atoms with Crippen molar-refractivity contribution in [2.24, 2.45) is 0 Å². The monoisotopic (exact) mass is 384 g/mol. The molecule has 2 amide bonds. The van der Waals surface area contributed by atoms with E-state index < -0.39 is 11.8 Å². The second-order valence-electron chi connectivity index (χ2n) is 6.28. The number of halogens is 1. The van der Waals surface area contributed by atoms with Gasteiger partial charge in [0.2, 0.25) is 5.88 Å². The lowest BCUT2D eigenvalue weighted by Crippen LogP contribution is -2.35. The van der Waals surface area contributed by atoms with Crippen molar-refractivity contribution in [2.75, 3.05) is 6.54 Å². The first-order valence-electron chi connectivity index (χ1n) is 8.67. The van der Waals surface area contributed by atoms with Gasteiger partial charge in [-0.2, -0.15) is 0 Å². The number of carbonyl (C=O) groups is 2. The van der Waals surface area contributed by atoms with Crippen molar-refractivity contribution in [1.82, 2.24) is 20.2 Å². The van der Waals surface area contributed by atoms with Gasteiger partial charge in [0.1, 0.15) is 22.8 Å². The molecule has 1 aromatic carbocycles. The van der Waals surface area contributed by atoms with Gasteiger partial charge in [-0.05, 0) is 24.5 Å². The van der Waals surface area contributed by atoms with Crippen LogP contribution in [0.1, 0.15) is 23.7 Å². The fourth-order valence-electron chi connectivity index (χ4n) is 3.31. The van der Waals surface area contributed by atoms with E-state index in [9.17, 15) is 9.59 Å². The van der Waals surface area contributed by atoms with E-state index in [0.29, 0.717) is 25.4 Å². The SMILES string of the molecule is CCc1ccccc1Oc1ncnc2c1CCN(C1=C(Cl)C(=O)NC1=O)C2. The Morgan fingerprint density at radius 3 is 2.78 bits per heavy atom. The van der Waals surface area contributed by atoms with Crippen LogP contribution < -0.4 is 10.1 Å². The number of benzene rings is 1. The summed E-state index contributed by atoms with van der Waals surface area (Å²) in [6.07, 6.45) is 2.88. The molecule has 0 aliphatic carbocycles. The van der Waals surface area contributed by atoms with E-state index in [-0.39, 0.29) is 10.7 Å². The Hall–Kier alpha value is -2.93. The lowest BCUT2D eigenvalue weighted by atomic mass is 10.1. The Morgan fingerprint density at radius 2 is 2.04 bits per heavy atom. The summed E-state index contributed by atoms with van der Waals surface area (Å²) in [5, 5.41) is 2.13. The van der Waals surface area contributed by atoms with Crippen molar-refractivity contribution < 1.29 is 14.3 Å². The van der Waals surface area contributed by atoms with Gasteiger partial charge in [0.15, 0.2) is 0 Å². The van der Waals surface area contributed by atoms with Crippen LogP contribution in [0.5, 0.6) is 11.6 Å². The third kappa shape index (κ3) is 3.14. The van der Waals surface area contributed by atoms with E-state index in [2.05, 4.69) is 22.2 Å². The molecular weight excluding hydrogens is 368 g/mol. The second-order valence-corrected chi connectivity index (χ2v) is 6.66. The summed E-state index contributed by atoms with van der Waals surface area (Å²) in [7, 11) is 0. The molecule has 138 valence electrons. The zero-order valence-electron chi connectivity index (χ0n) is 14.7. The zero-order valence-corrected chi connectivity index (χ0v) is 15.4. The van der Waals surface area contributed by atoms with E-state index in [1.54, 1.807) is 4.90 Å². The number of hydrogen-bond acceptors (Lipinski definition) is 6. The molecule has 1 N–H and O–H groups in total. The minimum absolute atomic E-state index is 0.0779. The summed E-state index contributed by atoms with van der Waals surface area (Å²) in [4.78, 5) is 34.0. The number of nitrogens with one attached hydrogen (secondary N) is 1. The number of aryl methyl sites for hydroxylation is 1. The molecule has 0 fully saturated rings. The maximum absolute atomic E-state index is 12.0. The van der Waals surface area contributed by atoms with Gasteiger partial charge in [-0.15, -0.1) is 0 Å². The van der Waals surface area contributed by atoms with E-state index in [0.717, 1.165) is 29.0 Å². The Bertz CT molecular complexity index is 973. The molecule has 2 aliphatic heterocycles. The van der Waals surface area contributed by atoms with Gasteiger partial charge in [0.25, 0.3) is 11.8 Å². The number of nitrogens with zero attached hydrogens (tertiary/aromatic N) is 3. The molecular formula is C19H17ClN4O3. The van der Waals surface area contributed by atoms with Gasteiger partial charge >= 0.3 is 0 Å². The molecule has 8 heteroatoms. The van der Waals surface area contributed by atoms with Gasteiger partial charge in [0, 0.05) is 12.1 Å². The minimum atomic E-state index is -0.564. The number of amides is 2. The van der Waals surface area contributed by atoms with E-state index >= 15 is 0 Å². The molecule has 3 heterocycles. The topological polar surface area (TPSA) is 84.4 Å². The molecule has 1 aromatic heterocycles. The quantitative estimate of drug-likeness (QED) is 0.814. The van der Waals surface area contributed by atoms with E-state index in [1.807, 2.05) is 24.3 Å². The Morgan fingerprint density at radius 1 is 1.22 bits per heavy atom. The first kappa shape index (κ1) is 17.5. The third-order valence-electron chi connectivity index (χ3n) is 4.69. The zero-order chi connectivity index (χ0) is 19.0.